The maximum atomic E-state index is 11.8. The molecule has 0 radical (unpaired) electrons. The molecule has 1 saturated carbocycles. The summed E-state index contributed by atoms with van der Waals surface area (Å²) in [6.07, 6.45) is 7.03. The van der Waals surface area contributed by atoms with Gasteiger partial charge in [0.2, 0.25) is 11.0 Å². The van der Waals surface area contributed by atoms with Crippen LogP contribution < -0.4 is 5.32 Å². The van der Waals surface area contributed by atoms with Crippen LogP contribution in [0.4, 0.5) is 5.13 Å². The number of hydrogen-bond donors (Lipinski definition) is 1. The molecule has 1 fully saturated rings. The number of carbonyl (C=O) groups excluding carboxylic acids is 1. The molecule has 2 aromatic heterocycles. The van der Waals surface area contributed by atoms with Crippen molar-refractivity contribution in [3.05, 3.63) is 35.1 Å². The van der Waals surface area contributed by atoms with Gasteiger partial charge in [0.05, 0.1) is 0 Å². The van der Waals surface area contributed by atoms with Crippen LogP contribution in [0.2, 0.25) is 0 Å². The lowest BCUT2D eigenvalue weighted by Gasteiger charge is -2.01. The van der Waals surface area contributed by atoms with E-state index in [1.54, 1.807) is 12.4 Å². The fourth-order valence-corrected chi connectivity index (χ4v) is 2.69. The number of aromatic nitrogens is 3. The van der Waals surface area contributed by atoms with Crippen LogP contribution in [0.5, 0.6) is 0 Å². The van der Waals surface area contributed by atoms with Gasteiger partial charge in [-0.25, -0.2) is 0 Å². The summed E-state index contributed by atoms with van der Waals surface area (Å²) in [6.45, 7) is 0. The van der Waals surface area contributed by atoms with Crippen molar-refractivity contribution in [2.75, 3.05) is 5.32 Å². The summed E-state index contributed by atoms with van der Waals surface area (Å²) in [5, 5.41) is 12.5. The molecule has 0 saturated heterocycles. The SMILES string of the molecule is O=C(CCc1cccnc1)Nc1nnc(C2CC2)s1. The summed E-state index contributed by atoms with van der Waals surface area (Å²) in [5.74, 6) is 0.556. The van der Waals surface area contributed by atoms with E-state index in [0.29, 0.717) is 23.9 Å². The zero-order chi connectivity index (χ0) is 13.1. The number of nitrogens with zero attached hydrogens (tertiary/aromatic N) is 3. The first-order valence-corrected chi connectivity index (χ1v) is 7.15. The van der Waals surface area contributed by atoms with E-state index in [-0.39, 0.29) is 5.91 Å². The molecule has 0 unspecified atom stereocenters. The smallest absolute Gasteiger partial charge is 0.226 e. The first-order valence-electron chi connectivity index (χ1n) is 6.33. The molecule has 1 amide bonds. The van der Waals surface area contributed by atoms with Crippen molar-refractivity contribution >= 4 is 22.4 Å². The maximum absolute atomic E-state index is 11.8. The van der Waals surface area contributed by atoms with Gasteiger partial charge in [0, 0.05) is 24.7 Å². The van der Waals surface area contributed by atoms with Gasteiger partial charge in [-0.15, -0.1) is 10.2 Å². The second-order valence-corrected chi connectivity index (χ2v) is 5.64. The summed E-state index contributed by atoms with van der Waals surface area (Å²) in [6, 6.07) is 3.84. The third kappa shape index (κ3) is 3.35. The molecule has 5 nitrogen and oxygen atoms in total. The summed E-state index contributed by atoms with van der Waals surface area (Å²) in [5.41, 5.74) is 1.06. The zero-order valence-electron chi connectivity index (χ0n) is 10.4. The van der Waals surface area contributed by atoms with Crippen LogP contribution in [0.25, 0.3) is 0 Å². The molecule has 3 rings (SSSR count). The Morgan fingerprint density at radius 3 is 3.05 bits per heavy atom. The van der Waals surface area contributed by atoms with Crippen molar-refractivity contribution in [2.45, 2.75) is 31.6 Å². The Labute approximate surface area is 115 Å². The predicted octanol–water partition coefficient (Wildman–Crippen LogP) is 2.38. The van der Waals surface area contributed by atoms with Crippen LogP contribution in [-0.4, -0.2) is 21.1 Å². The normalized spacial score (nSPS) is 14.3. The lowest BCUT2D eigenvalue weighted by Crippen LogP contribution is -2.12. The molecule has 0 spiro atoms. The van der Waals surface area contributed by atoms with Gasteiger partial charge < -0.3 is 5.32 Å². The zero-order valence-corrected chi connectivity index (χ0v) is 11.2. The highest BCUT2D eigenvalue weighted by molar-refractivity contribution is 7.15. The van der Waals surface area contributed by atoms with Crippen molar-refractivity contribution in [3.8, 4) is 0 Å². The van der Waals surface area contributed by atoms with Gasteiger partial charge in [-0.1, -0.05) is 17.4 Å². The number of nitrogens with one attached hydrogen (secondary N) is 1. The first-order chi connectivity index (χ1) is 9.31. The van der Waals surface area contributed by atoms with Crippen LogP contribution in [0.15, 0.2) is 24.5 Å². The van der Waals surface area contributed by atoms with Crippen LogP contribution in [0.1, 0.15) is 35.8 Å². The van der Waals surface area contributed by atoms with Crippen molar-refractivity contribution in [3.63, 3.8) is 0 Å². The minimum atomic E-state index is -0.0256. The molecule has 0 bridgehead atoms. The van der Waals surface area contributed by atoms with E-state index in [1.807, 2.05) is 12.1 Å². The number of carbonyl (C=O) groups is 1. The first kappa shape index (κ1) is 12.2. The molecular formula is C13H14N4OS. The Bertz CT molecular complexity index is 565. The maximum Gasteiger partial charge on any atom is 0.226 e. The molecule has 1 N–H and O–H groups in total. The van der Waals surface area contributed by atoms with Gasteiger partial charge in [-0.05, 0) is 30.9 Å². The molecule has 1 aliphatic carbocycles. The highest BCUT2D eigenvalue weighted by Gasteiger charge is 2.27. The Kier molecular flexibility index (Phi) is 3.50. The van der Waals surface area contributed by atoms with Crippen molar-refractivity contribution in [1.29, 1.82) is 0 Å². The number of aryl methyl sites for hydroxylation is 1. The number of anilines is 1. The number of hydrogen-bond acceptors (Lipinski definition) is 5. The van der Waals surface area contributed by atoms with E-state index in [4.69, 9.17) is 0 Å². The van der Waals surface area contributed by atoms with E-state index >= 15 is 0 Å². The molecule has 0 aliphatic heterocycles. The van der Waals surface area contributed by atoms with E-state index in [9.17, 15) is 4.79 Å². The monoisotopic (exact) mass is 274 g/mol. The number of rotatable bonds is 5. The molecular weight excluding hydrogens is 260 g/mol. The lowest BCUT2D eigenvalue weighted by molar-refractivity contribution is -0.116. The molecule has 2 aromatic rings. The fourth-order valence-electron chi connectivity index (χ4n) is 1.77. The van der Waals surface area contributed by atoms with E-state index in [1.165, 1.54) is 24.2 Å². The largest absolute Gasteiger partial charge is 0.301 e. The third-order valence-corrected chi connectivity index (χ3v) is 3.98. The molecule has 19 heavy (non-hydrogen) atoms. The quantitative estimate of drug-likeness (QED) is 0.909. The van der Waals surface area contributed by atoms with Gasteiger partial charge in [-0.3, -0.25) is 9.78 Å². The van der Waals surface area contributed by atoms with Gasteiger partial charge in [0.1, 0.15) is 5.01 Å². The molecule has 0 atom stereocenters. The predicted molar refractivity (Wildman–Crippen MR) is 73.1 cm³/mol. The summed E-state index contributed by atoms with van der Waals surface area (Å²) < 4.78 is 0. The minimum Gasteiger partial charge on any atom is -0.301 e. The number of amides is 1. The minimum absolute atomic E-state index is 0.0256. The Morgan fingerprint density at radius 1 is 1.42 bits per heavy atom. The third-order valence-electron chi connectivity index (χ3n) is 2.98. The summed E-state index contributed by atoms with van der Waals surface area (Å²) in [4.78, 5) is 15.8. The van der Waals surface area contributed by atoms with Crippen LogP contribution in [0.3, 0.4) is 0 Å². The second-order valence-electron chi connectivity index (χ2n) is 4.63. The molecule has 6 heteroatoms. The van der Waals surface area contributed by atoms with Crippen molar-refractivity contribution in [2.24, 2.45) is 0 Å². The molecule has 98 valence electrons. The van der Waals surface area contributed by atoms with Crippen LogP contribution >= 0.6 is 11.3 Å². The Morgan fingerprint density at radius 2 is 2.32 bits per heavy atom. The van der Waals surface area contributed by atoms with E-state index in [0.717, 1.165) is 10.6 Å². The average molecular weight is 274 g/mol. The van der Waals surface area contributed by atoms with Gasteiger partial charge in [0.15, 0.2) is 0 Å². The molecule has 2 heterocycles. The molecule has 1 aliphatic rings. The summed E-state index contributed by atoms with van der Waals surface area (Å²) in [7, 11) is 0. The van der Waals surface area contributed by atoms with Crippen molar-refractivity contribution in [1.82, 2.24) is 15.2 Å². The van der Waals surface area contributed by atoms with E-state index in [2.05, 4.69) is 20.5 Å². The Hall–Kier alpha value is -1.82. The highest BCUT2D eigenvalue weighted by Crippen LogP contribution is 2.42. The van der Waals surface area contributed by atoms with Crippen molar-refractivity contribution < 1.29 is 4.79 Å². The standard InChI is InChI=1S/C13H14N4OS/c18-11(6-3-9-2-1-7-14-8-9)15-13-17-16-12(19-13)10-4-5-10/h1-2,7-8,10H,3-6H2,(H,15,17,18). The van der Waals surface area contributed by atoms with Gasteiger partial charge in [-0.2, -0.15) is 0 Å². The second kappa shape index (κ2) is 5.44. The van der Waals surface area contributed by atoms with Gasteiger partial charge >= 0.3 is 0 Å². The van der Waals surface area contributed by atoms with Crippen LogP contribution in [-0.2, 0) is 11.2 Å². The lowest BCUT2D eigenvalue weighted by atomic mass is 10.1. The van der Waals surface area contributed by atoms with E-state index < -0.39 is 0 Å². The van der Waals surface area contributed by atoms with Crippen LogP contribution in [0, 0.1) is 0 Å². The average Bonchev–Trinajstić information content (AvgIpc) is 3.19. The highest BCUT2D eigenvalue weighted by atomic mass is 32.1. The summed E-state index contributed by atoms with van der Waals surface area (Å²) >= 11 is 1.49. The molecule has 0 aromatic carbocycles. The fraction of sp³-hybridized carbons (Fsp3) is 0.385. The number of pyridine rings is 1. The topological polar surface area (TPSA) is 67.8 Å². The Balaban J connectivity index is 1.50. The van der Waals surface area contributed by atoms with Gasteiger partial charge in [0.25, 0.3) is 0 Å².